The Hall–Kier alpha value is -2.34. The molecular weight excluding hydrogens is 444 g/mol. The third-order valence-corrected chi connectivity index (χ3v) is 5.52. The van der Waals surface area contributed by atoms with Crippen molar-refractivity contribution >= 4 is 27.7 Å². The van der Waals surface area contributed by atoms with Crippen LogP contribution in [-0.4, -0.2) is 34.9 Å². The summed E-state index contributed by atoms with van der Waals surface area (Å²) in [5.41, 5.74) is 2.75. The minimum atomic E-state index is -0.631. The Bertz CT molecular complexity index is 888. The van der Waals surface area contributed by atoms with Gasteiger partial charge >= 0.3 is 0 Å². The number of carbonyl (C=O) groups is 2. The highest BCUT2D eigenvalue weighted by molar-refractivity contribution is 9.10. The lowest BCUT2D eigenvalue weighted by molar-refractivity contribution is -0.142. The van der Waals surface area contributed by atoms with Crippen LogP contribution < -0.4 is 10.1 Å². The molecule has 2 aromatic rings. The van der Waals surface area contributed by atoms with E-state index in [1.54, 1.807) is 11.8 Å². The van der Waals surface area contributed by atoms with Gasteiger partial charge in [-0.25, -0.2) is 0 Å². The molecule has 1 atom stereocenters. The summed E-state index contributed by atoms with van der Waals surface area (Å²) in [6, 6.07) is 12.9. The highest BCUT2D eigenvalue weighted by Crippen LogP contribution is 2.22. The second-order valence-electron chi connectivity index (χ2n) is 8.62. The number of nitrogens with one attached hydrogen (secondary N) is 1. The molecule has 2 amide bonds. The van der Waals surface area contributed by atoms with Gasteiger partial charge in [-0.3, -0.25) is 9.59 Å². The van der Waals surface area contributed by atoms with Crippen molar-refractivity contribution in [1.82, 2.24) is 10.2 Å². The van der Waals surface area contributed by atoms with Crippen LogP contribution in [0, 0.1) is 13.8 Å². The molecule has 0 heterocycles. The molecular formula is C24H31BrN2O3. The van der Waals surface area contributed by atoms with Crippen molar-refractivity contribution in [2.75, 3.05) is 6.61 Å². The second kappa shape index (κ2) is 10.1. The predicted molar refractivity (Wildman–Crippen MR) is 123 cm³/mol. The first-order chi connectivity index (χ1) is 14.0. The maximum Gasteiger partial charge on any atom is 0.261 e. The fourth-order valence-corrected chi connectivity index (χ4v) is 3.13. The van der Waals surface area contributed by atoms with Gasteiger partial charge in [0, 0.05) is 16.6 Å². The van der Waals surface area contributed by atoms with Crippen LogP contribution in [0.15, 0.2) is 46.9 Å². The molecule has 0 spiro atoms. The zero-order valence-corrected chi connectivity index (χ0v) is 20.2. The van der Waals surface area contributed by atoms with Crippen LogP contribution in [0.5, 0.6) is 5.75 Å². The van der Waals surface area contributed by atoms with Crippen LogP contribution in [0.4, 0.5) is 0 Å². The van der Waals surface area contributed by atoms with Crippen molar-refractivity contribution in [2.24, 2.45) is 0 Å². The van der Waals surface area contributed by atoms with Crippen molar-refractivity contribution in [3.8, 4) is 5.75 Å². The van der Waals surface area contributed by atoms with E-state index in [0.29, 0.717) is 12.3 Å². The summed E-state index contributed by atoms with van der Waals surface area (Å²) in [4.78, 5) is 27.4. The maximum absolute atomic E-state index is 13.1. The van der Waals surface area contributed by atoms with E-state index in [9.17, 15) is 9.59 Å². The average Bonchev–Trinajstić information content (AvgIpc) is 2.66. The first-order valence-corrected chi connectivity index (χ1v) is 10.8. The highest BCUT2D eigenvalue weighted by atomic mass is 79.9. The van der Waals surface area contributed by atoms with Crippen LogP contribution in [0.2, 0.25) is 0 Å². The predicted octanol–water partition coefficient (Wildman–Crippen LogP) is 4.78. The molecule has 0 radical (unpaired) electrons. The van der Waals surface area contributed by atoms with Gasteiger partial charge in [-0.1, -0.05) is 45.8 Å². The molecule has 0 aliphatic carbocycles. The van der Waals surface area contributed by atoms with E-state index in [1.165, 1.54) is 0 Å². The fraction of sp³-hybridized carbons (Fsp3) is 0.417. The largest absolute Gasteiger partial charge is 0.484 e. The molecule has 2 aromatic carbocycles. The van der Waals surface area contributed by atoms with Crippen LogP contribution >= 0.6 is 15.9 Å². The first-order valence-electron chi connectivity index (χ1n) is 10.0. The topological polar surface area (TPSA) is 58.6 Å². The van der Waals surface area contributed by atoms with Gasteiger partial charge in [0.25, 0.3) is 5.91 Å². The van der Waals surface area contributed by atoms with E-state index in [1.807, 2.05) is 77.1 Å². The molecule has 1 N–H and O–H groups in total. The van der Waals surface area contributed by atoms with Crippen molar-refractivity contribution in [3.63, 3.8) is 0 Å². The SMILES string of the molecule is Cc1ccc(CN(C(=O)COc2ccc(Br)c(C)c2)[C@@H](C)C(=O)NC(C)(C)C)cc1. The number of amides is 2. The lowest BCUT2D eigenvalue weighted by Crippen LogP contribution is -2.53. The Kier molecular flexibility index (Phi) is 8.07. The zero-order chi connectivity index (χ0) is 22.5. The Morgan fingerprint density at radius 1 is 1.10 bits per heavy atom. The number of carbonyl (C=O) groups excluding carboxylic acids is 2. The van der Waals surface area contributed by atoms with E-state index in [-0.39, 0.29) is 24.0 Å². The van der Waals surface area contributed by atoms with E-state index < -0.39 is 6.04 Å². The van der Waals surface area contributed by atoms with Gasteiger partial charge < -0.3 is 15.0 Å². The Morgan fingerprint density at radius 2 is 1.73 bits per heavy atom. The van der Waals surface area contributed by atoms with Crippen LogP contribution in [0.3, 0.4) is 0 Å². The molecule has 0 saturated heterocycles. The van der Waals surface area contributed by atoms with Gasteiger partial charge in [-0.05, 0) is 70.9 Å². The summed E-state index contributed by atoms with van der Waals surface area (Å²) in [7, 11) is 0. The van der Waals surface area contributed by atoms with Gasteiger partial charge in [-0.2, -0.15) is 0 Å². The molecule has 0 saturated carbocycles. The molecule has 5 nitrogen and oxygen atoms in total. The molecule has 0 aliphatic heterocycles. The average molecular weight is 475 g/mol. The minimum Gasteiger partial charge on any atom is -0.484 e. The molecule has 0 aliphatic rings. The number of aryl methyl sites for hydroxylation is 2. The van der Waals surface area contributed by atoms with E-state index in [4.69, 9.17) is 4.74 Å². The quantitative estimate of drug-likeness (QED) is 0.628. The summed E-state index contributed by atoms with van der Waals surface area (Å²) in [6.07, 6.45) is 0. The molecule has 30 heavy (non-hydrogen) atoms. The molecule has 0 bridgehead atoms. The molecule has 2 rings (SSSR count). The number of halogens is 1. The van der Waals surface area contributed by atoms with Crippen LogP contribution in [0.1, 0.15) is 44.4 Å². The molecule has 162 valence electrons. The molecule has 0 aromatic heterocycles. The number of nitrogens with zero attached hydrogens (tertiary/aromatic N) is 1. The Labute approximate surface area is 187 Å². The monoisotopic (exact) mass is 474 g/mol. The van der Waals surface area contributed by atoms with E-state index in [0.717, 1.165) is 21.2 Å². The van der Waals surface area contributed by atoms with Gasteiger partial charge in [0.15, 0.2) is 6.61 Å². The lowest BCUT2D eigenvalue weighted by Gasteiger charge is -2.31. The number of hydrogen-bond acceptors (Lipinski definition) is 3. The second-order valence-corrected chi connectivity index (χ2v) is 9.48. The Balaban J connectivity index is 2.17. The first kappa shape index (κ1) is 23.9. The third kappa shape index (κ3) is 7.17. The normalized spacial score (nSPS) is 12.2. The maximum atomic E-state index is 13.1. The van der Waals surface area contributed by atoms with Crippen LogP contribution in [-0.2, 0) is 16.1 Å². The standard InChI is InChI=1S/C24H31BrN2O3/c1-16-7-9-19(10-8-16)14-27(18(3)23(29)26-24(4,5)6)22(28)15-30-20-11-12-21(25)17(2)13-20/h7-13,18H,14-15H2,1-6H3,(H,26,29)/t18-/m0/s1. The van der Waals surface area contributed by atoms with Crippen molar-refractivity contribution in [2.45, 2.75) is 59.7 Å². The molecule has 0 fully saturated rings. The fourth-order valence-electron chi connectivity index (χ4n) is 2.88. The number of benzene rings is 2. The summed E-state index contributed by atoms with van der Waals surface area (Å²) in [5.74, 6) is 0.182. The summed E-state index contributed by atoms with van der Waals surface area (Å²) >= 11 is 3.46. The lowest BCUT2D eigenvalue weighted by atomic mass is 10.1. The number of ether oxygens (including phenoxy) is 1. The van der Waals surface area contributed by atoms with Crippen LogP contribution in [0.25, 0.3) is 0 Å². The van der Waals surface area contributed by atoms with Gasteiger partial charge in [0.2, 0.25) is 5.91 Å². The van der Waals surface area contributed by atoms with E-state index >= 15 is 0 Å². The van der Waals surface area contributed by atoms with Crippen molar-refractivity contribution < 1.29 is 14.3 Å². The van der Waals surface area contributed by atoms with Gasteiger partial charge in [-0.15, -0.1) is 0 Å². The van der Waals surface area contributed by atoms with E-state index in [2.05, 4.69) is 21.2 Å². The number of hydrogen-bond donors (Lipinski definition) is 1. The summed E-state index contributed by atoms with van der Waals surface area (Å²) in [6.45, 7) is 11.7. The molecule has 0 unspecified atom stereocenters. The van der Waals surface area contributed by atoms with Gasteiger partial charge in [0.1, 0.15) is 11.8 Å². The third-order valence-electron chi connectivity index (χ3n) is 4.63. The summed E-state index contributed by atoms with van der Waals surface area (Å²) in [5, 5.41) is 2.96. The Morgan fingerprint density at radius 3 is 2.30 bits per heavy atom. The summed E-state index contributed by atoms with van der Waals surface area (Å²) < 4.78 is 6.71. The van der Waals surface area contributed by atoms with Gasteiger partial charge in [0.05, 0.1) is 0 Å². The number of rotatable bonds is 7. The van der Waals surface area contributed by atoms with Crippen molar-refractivity contribution in [1.29, 1.82) is 0 Å². The zero-order valence-electron chi connectivity index (χ0n) is 18.6. The highest BCUT2D eigenvalue weighted by Gasteiger charge is 2.28. The smallest absolute Gasteiger partial charge is 0.261 e. The molecule has 6 heteroatoms. The minimum absolute atomic E-state index is 0.139. The van der Waals surface area contributed by atoms with Crippen molar-refractivity contribution in [3.05, 3.63) is 63.6 Å².